The molecule has 0 aliphatic rings. The molecule has 0 heterocycles. The molecule has 0 radical (unpaired) electrons. The van der Waals surface area contributed by atoms with Crippen LogP contribution in [0, 0.1) is 0 Å². The molecular weight excluding hydrogens is 304 g/mol. The predicted octanol–water partition coefficient (Wildman–Crippen LogP) is 4.39. The third-order valence-corrected chi connectivity index (χ3v) is 3.35. The van der Waals surface area contributed by atoms with Crippen LogP contribution in [0.25, 0.3) is 6.08 Å². The largest absolute Gasteiger partial charge is 0.497 e. The van der Waals surface area contributed by atoms with Gasteiger partial charge in [0.2, 0.25) is 0 Å². The molecule has 0 spiro atoms. The standard InChI is InChI=1S/C20H22O4/c1-14(2)24-20-15(7-6-10-19(20)23-4)11-12-18(21)16-8-5-9-17(13-16)22-3/h5-14H,1-4H3/b12-11+. The summed E-state index contributed by atoms with van der Waals surface area (Å²) in [5.41, 5.74) is 1.36. The molecule has 0 saturated heterocycles. The van der Waals surface area contributed by atoms with E-state index in [4.69, 9.17) is 14.2 Å². The lowest BCUT2D eigenvalue weighted by Gasteiger charge is -2.15. The van der Waals surface area contributed by atoms with Crippen molar-refractivity contribution in [3.63, 3.8) is 0 Å². The molecule has 2 aromatic rings. The number of carbonyl (C=O) groups is 1. The summed E-state index contributed by atoms with van der Waals surface area (Å²) in [6.07, 6.45) is 3.27. The van der Waals surface area contributed by atoms with Gasteiger partial charge >= 0.3 is 0 Å². The Kier molecular flexibility index (Phi) is 6.01. The molecule has 2 rings (SSSR count). The minimum absolute atomic E-state index is 0.00235. The van der Waals surface area contributed by atoms with Gasteiger partial charge in [-0.25, -0.2) is 0 Å². The highest BCUT2D eigenvalue weighted by Crippen LogP contribution is 2.33. The summed E-state index contributed by atoms with van der Waals surface area (Å²) in [4.78, 5) is 12.4. The molecule has 0 unspecified atom stereocenters. The van der Waals surface area contributed by atoms with Crippen LogP contribution in [0.1, 0.15) is 29.8 Å². The SMILES string of the molecule is COc1cccc(C(=O)/C=C/c2cccc(OC)c2OC(C)C)c1. The van der Waals surface area contributed by atoms with Crippen molar-refractivity contribution < 1.29 is 19.0 Å². The van der Waals surface area contributed by atoms with Gasteiger partial charge in [-0.1, -0.05) is 24.3 Å². The van der Waals surface area contributed by atoms with Gasteiger partial charge in [-0.2, -0.15) is 0 Å². The smallest absolute Gasteiger partial charge is 0.185 e. The van der Waals surface area contributed by atoms with Crippen LogP contribution in [0.15, 0.2) is 48.5 Å². The Labute approximate surface area is 142 Å². The molecule has 0 aliphatic carbocycles. The van der Waals surface area contributed by atoms with E-state index >= 15 is 0 Å². The molecule has 2 aromatic carbocycles. The lowest BCUT2D eigenvalue weighted by atomic mass is 10.1. The number of hydrogen-bond donors (Lipinski definition) is 0. The molecule has 4 heteroatoms. The number of allylic oxidation sites excluding steroid dienone is 1. The Morgan fingerprint density at radius 2 is 1.79 bits per heavy atom. The van der Waals surface area contributed by atoms with Crippen molar-refractivity contribution in [2.45, 2.75) is 20.0 Å². The summed E-state index contributed by atoms with van der Waals surface area (Å²) in [5, 5.41) is 0. The van der Waals surface area contributed by atoms with Crippen LogP contribution in [0.3, 0.4) is 0 Å². The van der Waals surface area contributed by atoms with Gasteiger partial charge < -0.3 is 14.2 Å². The van der Waals surface area contributed by atoms with Gasteiger partial charge in [0, 0.05) is 11.1 Å². The lowest BCUT2D eigenvalue weighted by molar-refractivity contribution is 0.104. The van der Waals surface area contributed by atoms with Crippen molar-refractivity contribution in [1.29, 1.82) is 0 Å². The fourth-order valence-electron chi connectivity index (χ4n) is 2.22. The number of methoxy groups -OCH3 is 2. The number of benzene rings is 2. The Morgan fingerprint density at radius 1 is 1.04 bits per heavy atom. The molecule has 0 aliphatic heterocycles. The molecule has 126 valence electrons. The maximum Gasteiger partial charge on any atom is 0.185 e. The third-order valence-electron chi connectivity index (χ3n) is 3.35. The summed E-state index contributed by atoms with van der Waals surface area (Å²) < 4.78 is 16.3. The van der Waals surface area contributed by atoms with Crippen LogP contribution in [0.2, 0.25) is 0 Å². The van der Waals surface area contributed by atoms with E-state index in [0.717, 1.165) is 5.56 Å². The molecule has 24 heavy (non-hydrogen) atoms. The predicted molar refractivity (Wildman–Crippen MR) is 95.1 cm³/mol. The van der Waals surface area contributed by atoms with Gasteiger partial charge in [-0.05, 0) is 44.2 Å². The Hall–Kier alpha value is -2.75. The number of para-hydroxylation sites is 1. The molecule has 0 atom stereocenters. The van der Waals surface area contributed by atoms with Crippen molar-refractivity contribution in [2.24, 2.45) is 0 Å². The number of carbonyl (C=O) groups excluding carboxylic acids is 1. The minimum atomic E-state index is -0.104. The second-order valence-corrected chi connectivity index (χ2v) is 5.47. The first kappa shape index (κ1) is 17.6. The van der Waals surface area contributed by atoms with E-state index in [-0.39, 0.29) is 11.9 Å². The lowest BCUT2D eigenvalue weighted by Crippen LogP contribution is -2.08. The van der Waals surface area contributed by atoms with Gasteiger partial charge in [0.1, 0.15) is 5.75 Å². The molecule has 0 saturated carbocycles. The van der Waals surface area contributed by atoms with E-state index in [0.29, 0.717) is 22.8 Å². The Bertz CT molecular complexity index is 732. The zero-order valence-corrected chi connectivity index (χ0v) is 14.4. The summed E-state index contributed by atoms with van der Waals surface area (Å²) in [6, 6.07) is 12.6. The number of ether oxygens (including phenoxy) is 3. The Balaban J connectivity index is 2.29. The van der Waals surface area contributed by atoms with Gasteiger partial charge in [0.25, 0.3) is 0 Å². The van der Waals surface area contributed by atoms with E-state index in [1.54, 1.807) is 44.6 Å². The maximum absolute atomic E-state index is 12.4. The number of rotatable bonds is 7. The average Bonchev–Trinajstić information content (AvgIpc) is 2.60. The fraction of sp³-hybridized carbons (Fsp3) is 0.250. The molecule has 0 amide bonds. The van der Waals surface area contributed by atoms with E-state index < -0.39 is 0 Å². The van der Waals surface area contributed by atoms with E-state index in [1.165, 1.54) is 6.08 Å². The van der Waals surface area contributed by atoms with Gasteiger partial charge in [0.05, 0.1) is 20.3 Å². The Morgan fingerprint density at radius 3 is 2.46 bits per heavy atom. The topological polar surface area (TPSA) is 44.8 Å². The second-order valence-electron chi connectivity index (χ2n) is 5.47. The molecule has 0 bridgehead atoms. The van der Waals surface area contributed by atoms with Gasteiger partial charge in [0.15, 0.2) is 17.3 Å². The quantitative estimate of drug-likeness (QED) is 0.559. The highest BCUT2D eigenvalue weighted by atomic mass is 16.5. The molecule has 0 fully saturated rings. The first-order valence-corrected chi connectivity index (χ1v) is 7.75. The van der Waals surface area contributed by atoms with Crippen LogP contribution in [0.4, 0.5) is 0 Å². The molecular formula is C20H22O4. The average molecular weight is 326 g/mol. The summed E-state index contributed by atoms with van der Waals surface area (Å²) in [5.74, 6) is 1.82. The highest BCUT2D eigenvalue weighted by molar-refractivity contribution is 6.07. The first-order valence-electron chi connectivity index (χ1n) is 7.75. The van der Waals surface area contributed by atoms with Gasteiger partial charge in [-0.3, -0.25) is 4.79 Å². The van der Waals surface area contributed by atoms with Crippen LogP contribution in [-0.2, 0) is 0 Å². The monoisotopic (exact) mass is 326 g/mol. The van der Waals surface area contributed by atoms with Crippen LogP contribution in [0.5, 0.6) is 17.2 Å². The highest BCUT2D eigenvalue weighted by Gasteiger charge is 2.11. The summed E-state index contributed by atoms with van der Waals surface area (Å²) >= 11 is 0. The van der Waals surface area contributed by atoms with Crippen LogP contribution >= 0.6 is 0 Å². The normalized spacial score (nSPS) is 10.9. The second kappa shape index (κ2) is 8.20. The fourth-order valence-corrected chi connectivity index (χ4v) is 2.22. The summed E-state index contributed by atoms with van der Waals surface area (Å²) in [7, 11) is 3.17. The van der Waals surface area contributed by atoms with Crippen molar-refractivity contribution in [2.75, 3.05) is 14.2 Å². The third kappa shape index (κ3) is 4.38. The van der Waals surface area contributed by atoms with Crippen molar-refractivity contribution in [3.05, 3.63) is 59.7 Å². The molecule has 4 nitrogen and oxygen atoms in total. The van der Waals surface area contributed by atoms with Crippen molar-refractivity contribution >= 4 is 11.9 Å². The van der Waals surface area contributed by atoms with Crippen LogP contribution < -0.4 is 14.2 Å². The zero-order chi connectivity index (χ0) is 17.5. The number of hydrogen-bond acceptors (Lipinski definition) is 4. The summed E-state index contributed by atoms with van der Waals surface area (Å²) in [6.45, 7) is 3.89. The van der Waals surface area contributed by atoms with E-state index in [1.807, 2.05) is 32.0 Å². The van der Waals surface area contributed by atoms with Crippen LogP contribution in [-0.4, -0.2) is 26.1 Å². The van der Waals surface area contributed by atoms with E-state index in [2.05, 4.69) is 0 Å². The van der Waals surface area contributed by atoms with Gasteiger partial charge in [-0.15, -0.1) is 0 Å². The van der Waals surface area contributed by atoms with E-state index in [9.17, 15) is 4.79 Å². The molecule has 0 N–H and O–H groups in total. The zero-order valence-electron chi connectivity index (χ0n) is 14.4. The van der Waals surface area contributed by atoms with Crippen molar-refractivity contribution in [3.8, 4) is 17.2 Å². The minimum Gasteiger partial charge on any atom is -0.497 e. The maximum atomic E-state index is 12.4. The van der Waals surface area contributed by atoms with Crippen molar-refractivity contribution in [1.82, 2.24) is 0 Å². The number of ketones is 1. The first-order chi connectivity index (χ1) is 11.5. The molecule has 0 aromatic heterocycles.